The third-order valence-corrected chi connectivity index (χ3v) is 12.9. The molecule has 0 aliphatic heterocycles. The first-order chi connectivity index (χ1) is 34.0. The van der Waals surface area contributed by atoms with Gasteiger partial charge in [0, 0.05) is 12.8 Å². The maximum absolute atomic E-state index is 12.8. The fourth-order valence-electron chi connectivity index (χ4n) is 7.61. The second-order valence-corrected chi connectivity index (χ2v) is 21.4. The summed E-state index contributed by atoms with van der Waals surface area (Å²) in [4.78, 5) is 35.6. The predicted octanol–water partition coefficient (Wildman–Crippen LogP) is 17.5. The predicted molar refractivity (Wildman–Crippen MR) is 298 cm³/mol. The third kappa shape index (κ3) is 54.5. The van der Waals surface area contributed by atoms with E-state index in [-0.39, 0.29) is 32.0 Å². The van der Waals surface area contributed by atoms with E-state index in [9.17, 15) is 19.0 Å². The van der Waals surface area contributed by atoms with Crippen LogP contribution in [0.1, 0.15) is 232 Å². The SMILES string of the molecule is CC/C=C\C/C=C\C/C=C\C/C=C\CCCCCCCCCCCCCCCCCCC(=O)OC(COC(=O)CCCCCCCCC/C=C\C/C=C\C/C=C\CC)COP(=O)(O)OCC[N+](C)(C)C. The van der Waals surface area contributed by atoms with E-state index in [0.717, 1.165) is 96.3 Å². The standard InChI is InChI=1S/C60H106NO8P/c1-6-8-10-12-14-16-18-20-22-24-25-26-27-28-29-30-31-32-33-34-35-37-39-41-43-45-47-49-51-53-60(63)69-58(57-68-70(64,65)67-55-54-61(3,4)5)56-66-59(62)52-50-48-46-44-42-40-38-36-23-21-19-17-15-13-11-9-7-2/h8-11,14-17,20-23,25-26,58H,6-7,12-13,18-19,24,27-57H2,1-5H3/p+1/b10-8-,11-9-,16-14-,17-15-,22-20-,23-21-,26-25-. The Morgan fingerprint density at radius 1 is 0.443 bits per heavy atom. The van der Waals surface area contributed by atoms with Gasteiger partial charge in [-0.1, -0.05) is 221 Å². The summed E-state index contributed by atoms with van der Waals surface area (Å²) in [5, 5.41) is 0. The molecule has 0 radical (unpaired) electrons. The van der Waals surface area contributed by atoms with Crippen LogP contribution < -0.4 is 0 Å². The van der Waals surface area contributed by atoms with Crippen LogP contribution >= 0.6 is 7.82 Å². The van der Waals surface area contributed by atoms with Gasteiger partial charge in [0.2, 0.25) is 0 Å². The summed E-state index contributed by atoms with van der Waals surface area (Å²) in [6.45, 7) is 4.21. The van der Waals surface area contributed by atoms with Gasteiger partial charge in [-0.2, -0.15) is 0 Å². The van der Waals surface area contributed by atoms with Gasteiger partial charge in [0.05, 0.1) is 27.7 Å². The van der Waals surface area contributed by atoms with E-state index in [1.54, 1.807) is 0 Å². The number of carbonyl (C=O) groups is 2. The van der Waals surface area contributed by atoms with Crippen molar-refractivity contribution in [3.8, 4) is 0 Å². The Morgan fingerprint density at radius 2 is 0.771 bits per heavy atom. The molecule has 0 amide bonds. The second-order valence-electron chi connectivity index (χ2n) is 19.9. The zero-order chi connectivity index (χ0) is 51.3. The first-order valence-electron chi connectivity index (χ1n) is 28.3. The molecule has 0 aromatic carbocycles. The molecule has 0 aliphatic carbocycles. The quantitative estimate of drug-likeness (QED) is 0.0211. The molecule has 10 heteroatoms. The van der Waals surface area contributed by atoms with Crippen molar-refractivity contribution in [2.75, 3.05) is 47.5 Å². The highest BCUT2D eigenvalue weighted by Gasteiger charge is 2.27. The van der Waals surface area contributed by atoms with Gasteiger partial charge >= 0.3 is 19.8 Å². The zero-order valence-corrected chi connectivity index (χ0v) is 46.6. The van der Waals surface area contributed by atoms with Gasteiger partial charge in [0.25, 0.3) is 0 Å². The Bertz CT molecular complexity index is 1460. The molecule has 9 nitrogen and oxygen atoms in total. The van der Waals surface area contributed by atoms with Crippen LogP contribution in [0.25, 0.3) is 0 Å². The molecule has 0 aromatic heterocycles. The van der Waals surface area contributed by atoms with E-state index >= 15 is 0 Å². The summed E-state index contributed by atoms with van der Waals surface area (Å²) in [7, 11) is 1.47. The van der Waals surface area contributed by atoms with Crippen LogP contribution in [-0.2, 0) is 32.7 Å². The highest BCUT2D eigenvalue weighted by atomic mass is 31.2. The largest absolute Gasteiger partial charge is 0.472 e. The van der Waals surface area contributed by atoms with Crippen LogP contribution in [0, 0.1) is 0 Å². The number of hydrogen-bond donors (Lipinski definition) is 1. The average molecular weight is 1000 g/mol. The summed E-state index contributed by atoms with van der Waals surface area (Å²) < 4.78 is 34.5. The molecule has 1 N–H and O–H groups in total. The summed E-state index contributed by atoms with van der Waals surface area (Å²) in [6.07, 6.45) is 67.9. The minimum absolute atomic E-state index is 0.0272. The molecule has 70 heavy (non-hydrogen) atoms. The lowest BCUT2D eigenvalue weighted by atomic mass is 10.0. The zero-order valence-electron chi connectivity index (χ0n) is 45.7. The number of hydrogen-bond acceptors (Lipinski definition) is 7. The monoisotopic (exact) mass is 1000 g/mol. The molecule has 0 saturated carbocycles. The molecule has 2 unspecified atom stereocenters. The van der Waals surface area contributed by atoms with E-state index in [4.69, 9.17) is 18.5 Å². The molecular weight excluding hydrogens is 894 g/mol. The summed E-state index contributed by atoms with van der Waals surface area (Å²) in [6, 6.07) is 0. The van der Waals surface area contributed by atoms with E-state index < -0.39 is 26.5 Å². The van der Waals surface area contributed by atoms with Crippen molar-refractivity contribution in [2.45, 2.75) is 238 Å². The average Bonchev–Trinajstić information content (AvgIpc) is 3.32. The summed E-state index contributed by atoms with van der Waals surface area (Å²) >= 11 is 0. The van der Waals surface area contributed by atoms with Crippen molar-refractivity contribution in [2.24, 2.45) is 0 Å². The van der Waals surface area contributed by atoms with Gasteiger partial charge in [0.15, 0.2) is 6.10 Å². The molecule has 0 bridgehead atoms. The van der Waals surface area contributed by atoms with E-state index in [0.29, 0.717) is 17.4 Å². The molecular formula is C60H107NO8P+. The second kappa shape index (κ2) is 51.1. The van der Waals surface area contributed by atoms with Crippen molar-refractivity contribution in [3.05, 3.63) is 85.1 Å². The summed E-state index contributed by atoms with van der Waals surface area (Å²) in [5.41, 5.74) is 0. The van der Waals surface area contributed by atoms with Crippen molar-refractivity contribution < 1.29 is 42.1 Å². The fourth-order valence-corrected chi connectivity index (χ4v) is 8.35. The molecule has 2 atom stereocenters. The lowest BCUT2D eigenvalue weighted by Gasteiger charge is -2.24. The smallest absolute Gasteiger partial charge is 0.462 e. The number of allylic oxidation sites excluding steroid dienone is 14. The fraction of sp³-hybridized carbons (Fsp3) is 0.733. The molecule has 0 rings (SSSR count). The van der Waals surface area contributed by atoms with Crippen LogP contribution in [0.15, 0.2) is 85.1 Å². The van der Waals surface area contributed by atoms with E-state index in [1.165, 1.54) is 103 Å². The summed E-state index contributed by atoms with van der Waals surface area (Å²) in [5.74, 6) is -0.808. The molecule has 0 heterocycles. The molecule has 404 valence electrons. The Hall–Kier alpha value is -2.81. The normalized spacial score (nSPS) is 14.0. The maximum Gasteiger partial charge on any atom is 0.472 e. The van der Waals surface area contributed by atoms with Gasteiger partial charge in [-0.05, 0) is 83.5 Å². The van der Waals surface area contributed by atoms with E-state index in [1.807, 2.05) is 21.1 Å². The lowest BCUT2D eigenvalue weighted by Crippen LogP contribution is -2.37. The number of nitrogens with zero attached hydrogens (tertiary/aromatic N) is 1. The number of carbonyl (C=O) groups excluding carboxylic acids is 2. The van der Waals surface area contributed by atoms with Crippen LogP contribution in [0.4, 0.5) is 0 Å². The number of esters is 2. The number of likely N-dealkylation sites (N-methyl/N-ethyl adjacent to an activating group) is 1. The first-order valence-corrected chi connectivity index (χ1v) is 29.8. The highest BCUT2D eigenvalue weighted by Crippen LogP contribution is 2.43. The molecule has 0 aliphatic rings. The van der Waals surface area contributed by atoms with Crippen molar-refractivity contribution in [1.82, 2.24) is 0 Å². The Balaban J connectivity index is 4.13. The number of ether oxygens (including phenoxy) is 2. The lowest BCUT2D eigenvalue weighted by molar-refractivity contribution is -0.870. The van der Waals surface area contributed by atoms with E-state index in [2.05, 4.69) is 98.9 Å². The Kier molecular flexibility index (Phi) is 49.1. The molecule has 0 aromatic rings. The van der Waals surface area contributed by atoms with Crippen molar-refractivity contribution in [3.63, 3.8) is 0 Å². The maximum atomic E-state index is 12.8. The Labute approximate surface area is 431 Å². The first kappa shape index (κ1) is 67.2. The molecule has 0 spiro atoms. The number of rotatable bonds is 51. The van der Waals surface area contributed by atoms with Gasteiger partial charge < -0.3 is 18.9 Å². The van der Waals surface area contributed by atoms with Crippen LogP contribution in [0.3, 0.4) is 0 Å². The van der Waals surface area contributed by atoms with Crippen LogP contribution in [0.5, 0.6) is 0 Å². The van der Waals surface area contributed by atoms with Gasteiger partial charge in [0.1, 0.15) is 19.8 Å². The van der Waals surface area contributed by atoms with Gasteiger partial charge in [-0.3, -0.25) is 18.6 Å². The third-order valence-electron chi connectivity index (χ3n) is 11.9. The molecule has 0 fully saturated rings. The minimum atomic E-state index is -4.39. The topological polar surface area (TPSA) is 108 Å². The number of phosphoric ester groups is 1. The molecule has 0 saturated heterocycles. The number of quaternary nitrogens is 1. The minimum Gasteiger partial charge on any atom is -0.462 e. The van der Waals surface area contributed by atoms with Crippen LogP contribution in [0.2, 0.25) is 0 Å². The number of unbranched alkanes of at least 4 members (excludes halogenated alkanes) is 23. The highest BCUT2D eigenvalue weighted by molar-refractivity contribution is 7.47. The van der Waals surface area contributed by atoms with Crippen molar-refractivity contribution in [1.29, 1.82) is 0 Å². The van der Waals surface area contributed by atoms with Crippen molar-refractivity contribution >= 4 is 19.8 Å². The van der Waals surface area contributed by atoms with Gasteiger partial charge in [-0.15, -0.1) is 0 Å². The number of phosphoric acid groups is 1. The van der Waals surface area contributed by atoms with Gasteiger partial charge in [-0.25, -0.2) is 4.57 Å². The van der Waals surface area contributed by atoms with Crippen LogP contribution in [-0.4, -0.2) is 74.9 Å². The Morgan fingerprint density at radius 3 is 1.14 bits per heavy atom.